The molecule has 1 rings (SSSR count). The topological polar surface area (TPSA) is 43.4 Å². The molecule has 0 N–H and O–H groups in total. The van der Waals surface area contributed by atoms with Gasteiger partial charge >= 0.3 is 11.2 Å². The van der Waals surface area contributed by atoms with Gasteiger partial charge in [0.1, 0.15) is 5.60 Å². The molecule has 0 spiro atoms. The number of hydrogen-bond donors (Lipinski definition) is 0. The van der Waals surface area contributed by atoms with E-state index in [4.69, 9.17) is 16.3 Å². The minimum absolute atomic E-state index is 0.802. The summed E-state index contributed by atoms with van der Waals surface area (Å²) in [7, 11) is 0. The van der Waals surface area contributed by atoms with Crippen LogP contribution in [-0.2, 0) is 19.9 Å². The lowest BCUT2D eigenvalue weighted by Gasteiger charge is -2.24. The first-order chi connectivity index (χ1) is 6.93. The van der Waals surface area contributed by atoms with Gasteiger partial charge in [-0.1, -0.05) is 30.3 Å². The molecule has 1 aromatic carbocycles. The molecule has 0 aliphatic rings. The third-order valence-electron chi connectivity index (χ3n) is 1.98. The summed E-state index contributed by atoms with van der Waals surface area (Å²) in [6.07, 6.45) is 0. The van der Waals surface area contributed by atoms with Crippen molar-refractivity contribution in [2.45, 2.75) is 19.4 Å². The fraction of sp³-hybridized carbons (Fsp3) is 0.273. The molecule has 0 amide bonds. The minimum Gasteiger partial charge on any atom is -0.448 e. The van der Waals surface area contributed by atoms with E-state index in [1.807, 2.05) is 30.3 Å². The number of rotatable bonds is 3. The zero-order chi connectivity index (χ0) is 11.5. The fourth-order valence-corrected chi connectivity index (χ4v) is 1.21. The molecule has 0 atom stereocenters. The van der Waals surface area contributed by atoms with E-state index in [2.05, 4.69) is 0 Å². The molecule has 0 saturated heterocycles. The summed E-state index contributed by atoms with van der Waals surface area (Å²) >= 11 is 5.01. The maximum absolute atomic E-state index is 11.0. The quantitative estimate of drug-likeness (QED) is 0.451. The predicted molar refractivity (Wildman–Crippen MR) is 56.4 cm³/mol. The van der Waals surface area contributed by atoms with E-state index in [0.717, 1.165) is 5.56 Å². The van der Waals surface area contributed by atoms with E-state index in [1.165, 1.54) is 0 Å². The summed E-state index contributed by atoms with van der Waals surface area (Å²) in [6, 6.07) is 9.13. The molecule has 3 nitrogen and oxygen atoms in total. The Morgan fingerprint density at radius 1 is 1.20 bits per heavy atom. The van der Waals surface area contributed by atoms with Crippen LogP contribution in [0.2, 0.25) is 0 Å². The van der Waals surface area contributed by atoms with Gasteiger partial charge in [-0.3, -0.25) is 4.79 Å². The molecule has 0 aromatic heterocycles. The summed E-state index contributed by atoms with van der Waals surface area (Å²) in [6.45, 7) is 3.39. The first-order valence-corrected chi connectivity index (χ1v) is 4.79. The average Bonchev–Trinajstić information content (AvgIpc) is 2.18. The summed E-state index contributed by atoms with van der Waals surface area (Å²) in [5, 5.41) is -1.11. The van der Waals surface area contributed by atoms with E-state index in [9.17, 15) is 9.59 Å². The maximum Gasteiger partial charge on any atom is 0.392 e. The molecule has 0 aliphatic carbocycles. The highest BCUT2D eigenvalue weighted by Gasteiger charge is 2.27. The fourth-order valence-electron chi connectivity index (χ4n) is 1.17. The molecule has 0 unspecified atom stereocenters. The van der Waals surface area contributed by atoms with E-state index in [-0.39, 0.29) is 0 Å². The Hall–Kier alpha value is -1.35. The van der Waals surface area contributed by atoms with Crippen molar-refractivity contribution in [1.29, 1.82) is 0 Å². The molecule has 15 heavy (non-hydrogen) atoms. The lowest BCUT2D eigenvalue weighted by Crippen LogP contribution is -2.28. The SMILES string of the molecule is CC(C)(OC(=O)C(=O)Cl)c1ccccc1. The molecule has 0 saturated carbocycles. The van der Waals surface area contributed by atoms with Crippen LogP contribution in [0.25, 0.3) is 0 Å². The van der Waals surface area contributed by atoms with Crippen LogP contribution in [0.4, 0.5) is 0 Å². The molecular formula is C11H11ClO3. The molecule has 1 aromatic rings. The van der Waals surface area contributed by atoms with E-state index in [1.54, 1.807) is 13.8 Å². The largest absolute Gasteiger partial charge is 0.448 e. The number of carbonyl (C=O) groups is 2. The third-order valence-corrected chi connectivity index (χ3v) is 2.13. The van der Waals surface area contributed by atoms with Gasteiger partial charge in [0, 0.05) is 0 Å². The highest BCUT2D eigenvalue weighted by atomic mass is 35.5. The van der Waals surface area contributed by atoms with E-state index < -0.39 is 16.8 Å². The van der Waals surface area contributed by atoms with Crippen molar-refractivity contribution in [1.82, 2.24) is 0 Å². The average molecular weight is 227 g/mol. The van der Waals surface area contributed by atoms with Gasteiger partial charge in [0.15, 0.2) is 0 Å². The minimum atomic E-state index is -1.11. The first-order valence-electron chi connectivity index (χ1n) is 4.42. The van der Waals surface area contributed by atoms with Crippen LogP contribution >= 0.6 is 11.6 Å². The predicted octanol–water partition coefficient (Wildman–Crippen LogP) is 2.23. The molecule has 0 fully saturated rings. The lowest BCUT2D eigenvalue weighted by molar-refractivity contribution is -0.161. The monoisotopic (exact) mass is 226 g/mol. The summed E-state index contributed by atoms with van der Waals surface area (Å²) in [4.78, 5) is 21.6. The summed E-state index contributed by atoms with van der Waals surface area (Å²) in [5.74, 6) is -1.04. The van der Waals surface area contributed by atoms with Gasteiger partial charge in [-0.15, -0.1) is 0 Å². The van der Waals surface area contributed by atoms with Crippen molar-refractivity contribution in [3.63, 3.8) is 0 Å². The van der Waals surface area contributed by atoms with Gasteiger partial charge in [-0.05, 0) is 31.0 Å². The number of halogens is 1. The van der Waals surface area contributed by atoms with Crippen LogP contribution in [0.3, 0.4) is 0 Å². The standard InChI is InChI=1S/C11H11ClO3/c1-11(2,15-10(14)9(12)13)8-6-4-3-5-7-8/h3-7H,1-2H3. The molecule has 4 heteroatoms. The van der Waals surface area contributed by atoms with Crippen LogP contribution in [0.5, 0.6) is 0 Å². The molecule has 0 bridgehead atoms. The molecule has 80 valence electrons. The number of ether oxygens (including phenoxy) is 1. The van der Waals surface area contributed by atoms with Gasteiger partial charge in [-0.25, -0.2) is 4.79 Å². The zero-order valence-electron chi connectivity index (χ0n) is 8.49. The Morgan fingerprint density at radius 2 is 1.73 bits per heavy atom. The van der Waals surface area contributed by atoms with Crippen LogP contribution in [0, 0.1) is 0 Å². The highest BCUT2D eigenvalue weighted by molar-refractivity contribution is 6.80. The summed E-state index contributed by atoms with van der Waals surface area (Å²) < 4.78 is 4.96. The molecule has 0 aliphatic heterocycles. The van der Waals surface area contributed by atoms with Crippen molar-refractivity contribution in [3.05, 3.63) is 35.9 Å². The Kier molecular flexibility index (Phi) is 3.48. The second kappa shape index (κ2) is 4.45. The van der Waals surface area contributed by atoms with Crippen LogP contribution in [0.15, 0.2) is 30.3 Å². The Bertz CT molecular complexity index is 371. The summed E-state index contributed by atoms with van der Waals surface area (Å²) in [5.41, 5.74) is -0.0561. The van der Waals surface area contributed by atoms with Crippen LogP contribution < -0.4 is 0 Å². The van der Waals surface area contributed by atoms with Crippen molar-refractivity contribution in [2.24, 2.45) is 0 Å². The van der Waals surface area contributed by atoms with Crippen LogP contribution in [-0.4, -0.2) is 11.2 Å². The van der Waals surface area contributed by atoms with Gasteiger partial charge in [0.05, 0.1) is 0 Å². The molecular weight excluding hydrogens is 216 g/mol. The van der Waals surface area contributed by atoms with Gasteiger partial charge in [0.2, 0.25) is 0 Å². The smallest absolute Gasteiger partial charge is 0.392 e. The Labute approximate surface area is 93.0 Å². The zero-order valence-corrected chi connectivity index (χ0v) is 9.25. The second-order valence-electron chi connectivity index (χ2n) is 3.54. The van der Waals surface area contributed by atoms with E-state index >= 15 is 0 Å². The van der Waals surface area contributed by atoms with Gasteiger partial charge in [0.25, 0.3) is 0 Å². The molecule has 0 radical (unpaired) electrons. The second-order valence-corrected chi connectivity index (χ2v) is 3.88. The lowest BCUT2D eigenvalue weighted by atomic mass is 9.98. The highest BCUT2D eigenvalue weighted by Crippen LogP contribution is 2.24. The third kappa shape index (κ3) is 3.06. The Morgan fingerprint density at radius 3 is 2.20 bits per heavy atom. The van der Waals surface area contributed by atoms with Crippen LogP contribution in [0.1, 0.15) is 19.4 Å². The number of hydrogen-bond acceptors (Lipinski definition) is 3. The number of benzene rings is 1. The van der Waals surface area contributed by atoms with Gasteiger partial charge < -0.3 is 4.74 Å². The van der Waals surface area contributed by atoms with Crippen molar-refractivity contribution >= 4 is 22.8 Å². The maximum atomic E-state index is 11.0. The van der Waals surface area contributed by atoms with Crippen molar-refractivity contribution in [3.8, 4) is 0 Å². The number of esters is 1. The normalized spacial score (nSPS) is 10.9. The molecule has 0 heterocycles. The number of carbonyl (C=O) groups excluding carboxylic acids is 2. The Balaban J connectivity index is 2.85. The van der Waals surface area contributed by atoms with Crippen molar-refractivity contribution < 1.29 is 14.3 Å². The first kappa shape index (κ1) is 11.7. The van der Waals surface area contributed by atoms with Gasteiger partial charge in [-0.2, -0.15) is 0 Å². The van der Waals surface area contributed by atoms with E-state index in [0.29, 0.717) is 0 Å². The van der Waals surface area contributed by atoms with Crippen molar-refractivity contribution in [2.75, 3.05) is 0 Å².